The lowest BCUT2D eigenvalue weighted by atomic mass is 9.89. The van der Waals surface area contributed by atoms with Crippen molar-refractivity contribution in [3.63, 3.8) is 0 Å². The highest BCUT2D eigenvalue weighted by molar-refractivity contribution is 6.32. The van der Waals surface area contributed by atoms with E-state index in [-0.39, 0.29) is 6.10 Å². The van der Waals surface area contributed by atoms with Gasteiger partial charge in [-0.2, -0.15) is 0 Å². The van der Waals surface area contributed by atoms with E-state index in [9.17, 15) is 0 Å². The van der Waals surface area contributed by atoms with Crippen molar-refractivity contribution in [3.05, 3.63) is 75.8 Å². The van der Waals surface area contributed by atoms with E-state index >= 15 is 0 Å². The summed E-state index contributed by atoms with van der Waals surface area (Å²) in [7, 11) is 1.28. The van der Waals surface area contributed by atoms with Crippen LogP contribution in [0.15, 0.2) is 48.5 Å². The van der Waals surface area contributed by atoms with E-state index in [0.29, 0.717) is 34.8 Å². The minimum Gasteiger partial charge on any atom is -0.493 e. The van der Waals surface area contributed by atoms with E-state index in [1.807, 2.05) is 19.1 Å². The van der Waals surface area contributed by atoms with Crippen molar-refractivity contribution in [3.8, 4) is 28.4 Å². The average molecular weight is 629 g/mol. The number of likely N-dealkylation sites (tertiary alicyclic amines) is 1. The van der Waals surface area contributed by atoms with Gasteiger partial charge in [-0.1, -0.05) is 54.7 Å². The fraction of sp³-hybridized carbons (Fsp3) is 0.526. The Morgan fingerprint density at radius 2 is 1.84 bits per heavy atom. The molecule has 2 aliphatic carbocycles. The Morgan fingerprint density at radius 3 is 2.60 bits per heavy atom. The number of fused-ring (bicyclic) bond motifs is 1. The van der Waals surface area contributed by atoms with Gasteiger partial charge in [-0.05, 0) is 124 Å². The number of ether oxygens (including phenoxy) is 3. The van der Waals surface area contributed by atoms with Crippen LogP contribution in [0.4, 0.5) is 0 Å². The van der Waals surface area contributed by atoms with Crippen LogP contribution in [0.5, 0.6) is 17.2 Å². The number of hydrogen-bond acceptors (Lipinski definition) is 5. The van der Waals surface area contributed by atoms with Gasteiger partial charge >= 0.3 is 0 Å². The van der Waals surface area contributed by atoms with E-state index in [2.05, 4.69) is 62.1 Å². The molecule has 1 saturated carbocycles. The van der Waals surface area contributed by atoms with Gasteiger partial charge in [0.2, 0.25) is 0 Å². The van der Waals surface area contributed by atoms with Crippen LogP contribution in [0.25, 0.3) is 11.1 Å². The van der Waals surface area contributed by atoms with Crippen molar-refractivity contribution in [2.75, 3.05) is 26.3 Å². The Labute approximate surface area is 275 Å². The van der Waals surface area contributed by atoms with E-state index in [0.717, 1.165) is 68.6 Å². The molecule has 45 heavy (non-hydrogen) atoms. The third kappa shape index (κ3) is 7.19. The molecule has 1 radical (unpaired) electrons. The molecule has 1 saturated heterocycles. The second-order valence-electron chi connectivity index (χ2n) is 13.7. The molecule has 1 heterocycles. The second-order valence-corrected chi connectivity index (χ2v) is 14.1. The van der Waals surface area contributed by atoms with Gasteiger partial charge in [0, 0.05) is 24.7 Å². The van der Waals surface area contributed by atoms with Crippen LogP contribution in [0.3, 0.4) is 0 Å². The number of halogens is 1. The average Bonchev–Trinajstić information content (AvgIpc) is 3.64. The van der Waals surface area contributed by atoms with Gasteiger partial charge in [0.25, 0.3) is 7.48 Å². The Kier molecular flexibility index (Phi) is 10.0. The molecule has 1 N–H and O–H groups in total. The lowest BCUT2D eigenvalue weighted by Crippen LogP contribution is -2.55. The zero-order valence-electron chi connectivity index (χ0n) is 27.4. The molecule has 0 aromatic heterocycles. The SMILES string of the molecule is CCOc1cc(O[C@H]2CCc3c(-c4cccc(OCCCN5CCC5(C)C)c4C)cccc32)c(Cl)cc1CC1CC1CC[B]O. The van der Waals surface area contributed by atoms with Crippen LogP contribution < -0.4 is 14.2 Å². The van der Waals surface area contributed by atoms with Crippen LogP contribution >= 0.6 is 11.6 Å². The van der Waals surface area contributed by atoms with Crippen molar-refractivity contribution in [2.24, 2.45) is 11.8 Å². The largest absolute Gasteiger partial charge is 0.493 e. The molecule has 3 atom stereocenters. The summed E-state index contributed by atoms with van der Waals surface area (Å²) in [4.78, 5) is 2.55. The molecule has 3 aliphatic rings. The van der Waals surface area contributed by atoms with Gasteiger partial charge in [-0.15, -0.1) is 0 Å². The number of hydrogen-bond donors (Lipinski definition) is 1. The summed E-state index contributed by atoms with van der Waals surface area (Å²) in [5, 5.41) is 9.70. The van der Waals surface area contributed by atoms with Crippen molar-refractivity contribution < 1.29 is 19.2 Å². The second kappa shape index (κ2) is 14.0. The Balaban J connectivity index is 1.15. The van der Waals surface area contributed by atoms with E-state index < -0.39 is 0 Å². The van der Waals surface area contributed by atoms with Gasteiger partial charge in [0.05, 0.1) is 18.2 Å². The third-order valence-corrected chi connectivity index (χ3v) is 10.7. The lowest BCUT2D eigenvalue weighted by Gasteiger charge is -2.48. The van der Waals surface area contributed by atoms with Gasteiger partial charge < -0.3 is 19.2 Å². The van der Waals surface area contributed by atoms with Crippen LogP contribution in [-0.4, -0.2) is 49.2 Å². The monoisotopic (exact) mass is 628 g/mol. The molecule has 3 aromatic rings. The van der Waals surface area contributed by atoms with Crippen molar-refractivity contribution in [1.82, 2.24) is 4.90 Å². The summed E-state index contributed by atoms with van der Waals surface area (Å²) in [6.45, 7) is 12.5. The first kappa shape index (κ1) is 32.3. The molecule has 2 unspecified atom stereocenters. The summed E-state index contributed by atoms with van der Waals surface area (Å²) in [5.74, 6) is 3.81. The Hall–Kier alpha value is -2.67. The number of rotatable bonds is 15. The molecular weight excluding hydrogens is 581 g/mol. The van der Waals surface area contributed by atoms with E-state index in [1.54, 1.807) is 0 Å². The van der Waals surface area contributed by atoms with Gasteiger partial charge in [0.1, 0.15) is 23.4 Å². The zero-order chi connectivity index (χ0) is 31.6. The summed E-state index contributed by atoms with van der Waals surface area (Å²) in [5.41, 5.74) is 7.74. The van der Waals surface area contributed by atoms with Gasteiger partial charge in [-0.3, -0.25) is 4.90 Å². The van der Waals surface area contributed by atoms with E-state index in [1.165, 1.54) is 54.7 Å². The smallest absolute Gasteiger partial charge is 0.287 e. The molecule has 1 aliphatic heterocycles. The molecule has 2 fully saturated rings. The predicted octanol–water partition coefficient (Wildman–Crippen LogP) is 8.63. The van der Waals surface area contributed by atoms with Crippen molar-refractivity contribution in [1.29, 1.82) is 0 Å². The topological polar surface area (TPSA) is 51.2 Å². The lowest BCUT2D eigenvalue weighted by molar-refractivity contribution is 0.0123. The first-order chi connectivity index (χ1) is 21.8. The molecular formula is C38H48BClNO4. The highest BCUT2D eigenvalue weighted by Gasteiger charge is 2.37. The molecule has 5 nitrogen and oxygen atoms in total. The molecule has 239 valence electrons. The fourth-order valence-electron chi connectivity index (χ4n) is 7.38. The van der Waals surface area contributed by atoms with Crippen molar-refractivity contribution in [2.45, 2.75) is 90.6 Å². The Bertz CT molecular complexity index is 1490. The highest BCUT2D eigenvalue weighted by Crippen LogP contribution is 2.48. The number of benzene rings is 3. The van der Waals surface area contributed by atoms with E-state index in [4.69, 9.17) is 30.8 Å². The zero-order valence-corrected chi connectivity index (χ0v) is 28.2. The minimum atomic E-state index is -0.0641. The normalized spacial score (nSPS) is 21.6. The standard InChI is InChI=1S/C38H48BClNO4/c1-5-43-36-24-37(33(40)23-28(36)22-27-21-26(27)15-17-39-42)45-35-14-13-31-30(10-6-11-32(31)35)29-9-7-12-34(25(29)2)44-20-8-18-41-19-16-38(41,3)4/h6-7,9-12,23-24,26-27,35,42H,5,8,13-22H2,1-4H3/t26?,27?,35-/m0/s1. The minimum absolute atomic E-state index is 0.0641. The molecule has 0 bridgehead atoms. The third-order valence-electron chi connectivity index (χ3n) is 10.4. The summed E-state index contributed by atoms with van der Waals surface area (Å²) in [6, 6.07) is 17.0. The molecule has 0 amide bonds. The number of nitrogens with zero attached hydrogens (tertiary/aromatic N) is 1. The van der Waals surface area contributed by atoms with Crippen LogP contribution in [0, 0.1) is 18.8 Å². The van der Waals surface area contributed by atoms with Gasteiger partial charge in [0.15, 0.2) is 0 Å². The summed E-state index contributed by atoms with van der Waals surface area (Å²) >= 11 is 6.86. The highest BCUT2D eigenvalue weighted by atomic mass is 35.5. The summed E-state index contributed by atoms with van der Waals surface area (Å²) < 4.78 is 19.1. The quantitative estimate of drug-likeness (QED) is 0.135. The maximum Gasteiger partial charge on any atom is 0.287 e. The maximum absolute atomic E-state index is 9.06. The van der Waals surface area contributed by atoms with Crippen LogP contribution in [0.1, 0.15) is 81.2 Å². The molecule has 7 heteroatoms. The predicted molar refractivity (Wildman–Crippen MR) is 184 cm³/mol. The first-order valence-electron chi connectivity index (χ1n) is 17.0. The Morgan fingerprint density at radius 1 is 1.02 bits per heavy atom. The fourth-order valence-corrected chi connectivity index (χ4v) is 7.61. The first-order valence-corrected chi connectivity index (χ1v) is 17.3. The molecule has 6 rings (SSSR count). The van der Waals surface area contributed by atoms with Gasteiger partial charge in [-0.25, -0.2) is 0 Å². The summed E-state index contributed by atoms with van der Waals surface area (Å²) in [6.07, 6.45) is 8.05. The molecule has 3 aromatic carbocycles. The van der Waals surface area contributed by atoms with Crippen LogP contribution in [-0.2, 0) is 12.8 Å². The maximum atomic E-state index is 9.06. The van der Waals surface area contributed by atoms with Crippen LogP contribution in [0.2, 0.25) is 11.3 Å². The van der Waals surface area contributed by atoms with Crippen molar-refractivity contribution >= 4 is 19.1 Å². The molecule has 0 spiro atoms.